The number of hydrogen-bond donors (Lipinski definition) is 0. The Kier molecular flexibility index (Phi) is 6.75. The molecule has 0 fully saturated rings. The molecular weight excluding hydrogens is 362 g/mol. The van der Waals surface area contributed by atoms with Gasteiger partial charge < -0.3 is 4.74 Å². The van der Waals surface area contributed by atoms with Crippen molar-refractivity contribution in [1.29, 1.82) is 0 Å². The first kappa shape index (κ1) is 19.2. The number of methoxy groups -OCH3 is 1. The number of esters is 1. The summed E-state index contributed by atoms with van der Waals surface area (Å²) in [6.07, 6.45) is 1.48. The largest absolute Gasteiger partial charge is 0.468 e. The van der Waals surface area contributed by atoms with Crippen LogP contribution in [0.15, 0.2) is 60.0 Å². The molecule has 0 aromatic heterocycles. The molecule has 0 spiro atoms. The van der Waals surface area contributed by atoms with Gasteiger partial charge in [-0.2, -0.15) is 4.31 Å². The highest BCUT2D eigenvalue weighted by atomic mass is 35.5. The second-order valence-corrected chi connectivity index (χ2v) is 7.42. The average Bonchev–Trinajstić information content (AvgIpc) is 2.62. The lowest BCUT2D eigenvalue weighted by molar-refractivity contribution is -0.140. The highest BCUT2D eigenvalue weighted by Crippen LogP contribution is 2.19. The van der Waals surface area contributed by atoms with Crippen LogP contribution in [0.1, 0.15) is 11.1 Å². The fourth-order valence-corrected chi connectivity index (χ4v) is 3.38. The molecule has 7 heteroatoms. The Hall–Kier alpha value is -2.15. The van der Waals surface area contributed by atoms with Crippen molar-refractivity contribution in [1.82, 2.24) is 4.31 Å². The summed E-state index contributed by atoms with van der Waals surface area (Å²) < 4.78 is 31.0. The molecular formula is C18H18ClNO4S. The van der Waals surface area contributed by atoms with Crippen LogP contribution < -0.4 is 0 Å². The van der Waals surface area contributed by atoms with Gasteiger partial charge in [0.15, 0.2) is 0 Å². The Bertz CT molecular complexity index is 850. The van der Waals surface area contributed by atoms with E-state index in [2.05, 4.69) is 4.74 Å². The first-order valence-corrected chi connectivity index (χ1v) is 9.34. The topological polar surface area (TPSA) is 63.7 Å². The molecule has 0 atom stereocenters. The van der Waals surface area contributed by atoms with E-state index in [1.165, 1.54) is 13.2 Å². The third-order valence-electron chi connectivity index (χ3n) is 3.43. The van der Waals surface area contributed by atoms with E-state index in [9.17, 15) is 13.2 Å². The molecule has 132 valence electrons. The highest BCUT2D eigenvalue weighted by molar-refractivity contribution is 7.92. The summed E-state index contributed by atoms with van der Waals surface area (Å²) in [6.45, 7) is -0.431. The summed E-state index contributed by atoms with van der Waals surface area (Å²) in [5, 5.41) is 1.50. The molecule has 0 saturated heterocycles. The first-order valence-electron chi connectivity index (χ1n) is 7.46. The Morgan fingerprint density at radius 2 is 1.76 bits per heavy atom. The monoisotopic (exact) mass is 379 g/mol. The maximum Gasteiger partial charge on any atom is 0.321 e. The molecule has 2 rings (SSSR count). The predicted octanol–water partition coefficient (Wildman–Crippen LogP) is 3.32. The molecule has 0 radical (unpaired) electrons. The Morgan fingerprint density at radius 3 is 2.40 bits per heavy atom. The lowest BCUT2D eigenvalue weighted by Crippen LogP contribution is -2.34. The molecule has 0 amide bonds. The van der Waals surface area contributed by atoms with Crippen molar-refractivity contribution in [2.24, 2.45) is 0 Å². The van der Waals surface area contributed by atoms with Gasteiger partial charge in [-0.05, 0) is 23.3 Å². The van der Waals surface area contributed by atoms with Gasteiger partial charge in [0, 0.05) is 17.0 Å². The van der Waals surface area contributed by atoms with Gasteiger partial charge in [0.1, 0.15) is 6.54 Å². The lowest BCUT2D eigenvalue weighted by Gasteiger charge is -2.19. The third-order valence-corrected chi connectivity index (χ3v) is 5.26. The van der Waals surface area contributed by atoms with E-state index in [0.29, 0.717) is 10.6 Å². The van der Waals surface area contributed by atoms with Gasteiger partial charge >= 0.3 is 5.97 Å². The van der Waals surface area contributed by atoms with E-state index in [1.807, 2.05) is 18.2 Å². The maximum atomic E-state index is 12.7. The first-order chi connectivity index (χ1) is 11.9. The maximum absolute atomic E-state index is 12.7. The van der Waals surface area contributed by atoms with Crippen molar-refractivity contribution in [3.8, 4) is 0 Å². The molecule has 0 aliphatic rings. The van der Waals surface area contributed by atoms with Crippen LogP contribution in [0.5, 0.6) is 0 Å². The molecule has 0 bridgehead atoms. The van der Waals surface area contributed by atoms with Crippen LogP contribution in [-0.4, -0.2) is 32.3 Å². The van der Waals surface area contributed by atoms with Crippen molar-refractivity contribution in [3.63, 3.8) is 0 Å². The van der Waals surface area contributed by atoms with Crippen molar-refractivity contribution >= 4 is 33.7 Å². The zero-order valence-electron chi connectivity index (χ0n) is 13.6. The SMILES string of the molecule is COC(=O)CN(Cc1ccccc1Cl)S(=O)(=O)/C=C/c1ccccc1. The molecule has 0 aliphatic heterocycles. The lowest BCUT2D eigenvalue weighted by atomic mass is 10.2. The zero-order chi connectivity index (χ0) is 18.3. The Balaban J connectivity index is 2.28. The number of benzene rings is 2. The minimum atomic E-state index is -3.85. The van der Waals surface area contributed by atoms with Crippen LogP contribution in [0.4, 0.5) is 0 Å². The van der Waals surface area contributed by atoms with Gasteiger partial charge in [0.25, 0.3) is 0 Å². The number of rotatable bonds is 7. The number of ether oxygens (including phenoxy) is 1. The summed E-state index contributed by atoms with van der Waals surface area (Å²) in [4.78, 5) is 11.6. The highest BCUT2D eigenvalue weighted by Gasteiger charge is 2.23. The Labute approximate surface area is 152 Å². The predicted molar refractivity (Wildman–Crippen MR) is 98.3 cm³/mol. The van der Waals surface area contributed by atoms with Crippen LogP contribution in [0, 0.1) is 0 Å². The summed E-state index contributed by atoms with van der Waals surface area (Å²) in [6, 6.07) is 15.9. The zero-order valence-corrected chi connectivity index (χ0v) is 15.2. The minimum absolute atomic E-state index is 0.0315. The quantitative estimate of drug-likeness (QED) is 0.692. The van der Waals surface area contributed by atoms with E-state index in [0.717, 1.165) is 15.3 Å². The summed E-state index contributed by atoms with van der Waals surface area (Å²) in [5.41, 5.74) is 1.34. The molecule has 2 aromatic carbocycles. The normalized spacial score (nSPS) is 11.8. The molecule has 0 saturated carbocycles. The van der Waals surface area contributed by atoms with E-state index in [1.54, 1.807) is 36.4 Å². The fourth-order valence-electron chi connectivity index (χ4n) is 2.08. The number of carbonyl (C=O) groups is 1. The minimum Gasteiger partial charge on any atom is -0.468 e. The van der Waals surface area contributed by atoms with Gasteiger partial charge in [-0.25, -0.2) is 8.42 Å². The summed E-state index contributed by atoms with van der Waals surface area (Å²) in [5.74, 6) is -0.649. The van der Waals surface area contributed by atoms with Crippen molar-refractivity contribution in [3.05, 3.63) is 76.2 Å². The van der Waals surface area contributed by atoms with Crippen LogP contribution >= 0.6 is 11.6 Å². The van der Waals surface area contributed by atoms with E-state index in [4.69, 9.17) is 11.6 Å². The standard InChI is InChI=1S/C18H18ClNO4S/c1-24-18(21)14-20(13-16-9-5-6-10-17(16)19)25(22,23)12-11-15-7-3-2-4-8-15/h2-12H,13-14H2,1H3/b12-11+. The second kappa shape index (κ2) is 8.80. The van der Waals surface area contributed by atoms with E-state index < -0.39 is 22.5 Å². The second-order valence-electron chi connectivity index (χ2n) is 5.19. The van der Waals surface area contributed by atoms with E-state index in [-0.39, 0.29) is 6.54 Å². The van der Waals surface area contributed by atoms with Crippen LogP contribution in [0.2, 0.25) is 5.02 Å². The summed E-state index contributed by atoms with van der Waals surface area (Å²) >= 11 is 6.11. The fraction of sp³-hybridized carbons (Fsp3) is 0.167. The molecule has 0 aliphatic carbocycles. The van der Waals surface area contributed by atoms with Gasteiger partial charge in [0.2, 0.25) is 10.0 Å². The number of sulfonamides is 1. The van der Waals surface area contributed by atoms with Crippen LogP contribution in [0.3, 0.4) is 0 Å². The molecule has 0 heterocycles. The van der Waals surface area contributed by atoms with Crippen LogP contribution in [-0.2, 0) is 26.1 Å². The van der Waals surface area contributed by atoms with Gasteiger partial charge in [-0.3, -0.25) is 4.79 Å². The number of hydrogen-bond acceptors (Lipinski definition) is 4. The average molecular weight is 380 g/mol. The van der Waals surface area contributed by atoms with Gasteiger partial charge in [-0.15, -0.1) is 0 Å². The van der Waals surface area contributed by atoms with Crippen molar-refractivity contribution in [2.45, 2.75) is 6.54 Å². The molecule has 0 N–H and O–H groups in total. The Morgan fingerprint density at radius 1 is 1.12 bits per heavy atom. The third kappa shape index (κ3) is 5.70. The molecule has 2 aromatic rings. The smallest absolute Gasteiger partial charge is 0.321 e. The molecule has 5 nitrogen and oxygen atoms in total. The number of nitrogens with zero attached hydrogens (tertiary/aromatic N) is 1. The van der Waals surface area contributed by atoms with Crippen molar-refractivity contribution in [2.75, 3.05) is 13.7 Å². The van der Waals surface area contributed by atoms with Gasteiger partial charge in [-0.1, -0.05) is 60.1 Å². The number of halogens is 1. The van der Waals surface area contributed by atoms with Crippen LogP contribution in [0.25, 0.3) is 6.08 Å². The molecule has 25 heavy (non-hydrogen) atoms. The summed E-state index contributed by atoms with van der Waals surface area (Å²) in [7, 11) is -2.64. The van der Waals surface area contributed by atoms with E-state index >= 15 is 0 Å². The number of carbonyl (C=O) groups excluding carboxylic acids is 1. The van der Waals surface area contributed by atoms with Gasteiger partial charge in [0.05, 0.1) is 7.11 Å². The van der Waals surface area contributed by atoms with Crippen molar-refractivity contribution < 1.29 is 17.9 Å². The molecule has 0 unspecified atom stereocenters.